The Morgan fingerprint density at radius 1 is 1.44 bits per heavy atom. The van der Waals surface area contributed by atoms with Crippen molar-refractivity contribution in [2.24, 2.45) is 5.41 Å². The van der Waals surface area contributed by atoms with Crippen LogP contribution >= 0.6 is 0 Å². The van der Waals surface area contributed by atoms with Crippen LogP contribution in [0.1, 0.15) is 19.8 Å². The molecule has 0 atom stereocenters. The summed E-state index contributed by atoms with van der Waals surface area (Å²) in [6, 6.07) is 3.54. The predicted octanol–water partition coefficient (Wildman–Crippen LogP) is 1.42. The van der Waals surface area contributed by atoms with Crippen molar-refractivity contribution < 1.29 is 9.53 Å². The third-order valence-electron chi connectivity index (χ3n) is 3.46. The number of methoxy groups -OCH3 is 1. The molecule has 0 radical (unpaired) electrons. The van der Waals surface area contributed by atoms with Crippen LogP contribution in [0.25, 0.3) is 0 Å². The minimum atomic E-state index is -0.287. The van der Waals surface area contributed by atoms with Crippen molar-refractivity contribution in [2.75, 3.05) is 25.5 Å². The largest absolute Gasteiger partial charge is 0.481 e. The lowest BCUT2D eigenvalue weighted by Crippen LogP contribution is -2.42. The van der Waals surface area contributed by atoms with Gasteiger partial charge in [0.25, 0.3) is 0 Å². The van der Waals surface area contributed by atoms with Gasteiger partial charge in [0, 0.05) is 11.5 Å². The number of hydrogen-bond donors (Lipinski definition) is 2. The number of amides is 1. The Morgan fingerprint density at radius 2 is 2.17 bits per heavy atom. The van der Waals surface area contributed by atoms with E-state index in [0.717, 1.165) is 25.9 Å². The van der Waals surface area contributed by atoms with Crippen LogP contribution in [-0.2, 0) is 4.79 Å². The molecular weight excluding hydrogens is 230 g/mol. The lowest BCUT2D eigenvalue weighted by atomic mass is 9.80. The average molecular weight is 249 g/mol. The van der Waals surface area contributed by atoms with Crippen LogP contribution in [-0.4, -0.2) is 31.1 Å². The van der Waals surface area contributed by atoms with Gasteiger partial charge in [0.15, 0.2) is 0 Å². The first-order valence-electron chi connectivity index (χ1n) is 6.16. The highest BCUT2D eigenvalue weighted by atomic mass is 16.5. The summed E-state index contributed by atoms with van der Waals surface area (Å²) in [6.45, 7) is 3.80. The van der Waals surface area contributed by atoms with Crippen molar-refractivity contribution in [1.29, 1.82) is 0 Å². The molecule has 18 heavy (non-hydrogen) atoms. The summed E-state index contributed by atoms with van der Waals surface area (Å²) in [7, 11) is 1.57. The van der Waals surface area contributed by atoms with Gasteiger partial charge in [-0.25, -0.2) is 4.98 Å². The fourth-order valence-electron chi connectivity index (χ4n) is 2.06. The number of anilines is 1. The van der Waals surface area contributed by atoms with Crippen LogP contribution in [0.2, 0.25) is 0 Å². The van der Waals surface area contributed by atoms with E-state index < -0.39 is 0 Å². The fraction of sp³-hybridized carbons (Fsp3) is 0.538. The van der Waals surface area contributed by atoms with E-state index in [9.17, 15) is 4.79 Å². The minimum Gasteiger partial charge on any atom is -0.481 e. The van der Waals surface area contributed by atoms with Gasteiger partial charge in [-0.2, -0.15) is 0 Å². The smallest absolute Gasteiger partial charge is 0.230 e. The van der Waals surface area contributed by atoms with Crippen LogP contribution in [0.4, 0.5) is 5.69 Å². The van der Waals surface area contributed by atoms with Gasteiger partial charge >= 0.3 is 0 Å². The topological polar surface area (TPSA) is 63.2 Å². The zero-order valence-electron chi connectivity index (χ0n) is 10.8. The minimum absolute atomic E-state index is 0.0657. The highest BCUT2D eigenvalue weighted by Crippen LogP contribution is 2.29. The van der Waals surface area contributed by atoms with Crippen molar-refractivity contribution in [3.63, 3.8) is 0 Å². The number of carbonyl (C=O) groups is 1. The molecule has 1 amide bonds. The summed E-state index contributed by atoms with van der Waals surface area (Å²) in [6.07, 6.45) is 3.34. The normalized spacial score (nSPS) is 18.1. The molecule has 1 aromatic heterocycles. The molecule has 2 N–H and O–H groups in total. The Labute approximate surface area is 107 Å². The zero-order chi connectivity index (χ0) is 13.0. The van der Waals surface area contributed by atoms with Crippen molar-refractivity contribution >= 4 is 11.6 Å². The third-order valence-corrected chi connectivity index (χ3v) is 3.46. The predicted molar refractivity (Wildman–Crippen MR) is 69.6 cm³/mol. The standard InChI is InChI=1S/C13H19N3O2/c1-13(5-7-14-8-6-13)12(17)16-10-3-4-11(18-2)15-9-10/h3-4,9,14H,5-8H2,1-2H3,(H,16,17). The van der Waals surface area contributed by atoms with Crippen LogP contribution in [0.5, 0.6) is 5.88 Å². The first-order chi connectivity index (χ1) is 8.64. The van der Waals surface area contributed by atoms with Crippen molar-refractivity contribution in [1.82, 2.24) is 10.3 Å². The Balaban J connectivity index is 2.01. The number of pyridine rings is 1. The van der Waals surface area contributed by atoms with Crippen molar-refractivity contribution in [3.05, 3.63) is 18.3 Å². The molecule has 5 heteroatoms. The number of nitrogens with zero attached hydrogens (tertiary/aromatic N) is 1. The van der Waals surface area contributed by atoms with Crippen LogP contribution in [0.15, 0.2) is 18.3 Å². The molecule has 1 fully saturated rings. The van der Waals surface area contributed by atoms with Gasteiger partial charge in [-0.05, 0) is 32.0 Å². The molecule has 1 aliphatic heterocycles. The highest BCUT2D eigenvalue weighted by Gasteiger charge is 2.34. The lowest BCUT2D eigenvalue weighted by Gasteiger charge is -2.32. The van der Waals surface area contributed by atoms with Gasteiger partial charge in [0.05, 0.1) is 19.0 Å². The number of rotatable bonds is 3. The quantitative estimate of drug-likeness (QED) is 0.850. The molecule has 1 saturated heterocycles. The highest BCUT2D eigenvalue weighted by molar-refractivity contribution is 5.95. The first kappa shape index (κ1) is 12.8. The first-order valence-corrected chi connectivity index (χ1v) is 6.16. The van der Waals surface area contributed by atoms with E-state index in [2.05, 4.69) is 15.6 Å². The van der Waals surface area contributed by atoms with Gasteiger partial charge < -0.3 is 15.4 Å². The molecule has 98 valence electrons. The van der Waals surface area contributed by atoms with E-state index in [1.807, 2.05) is 6.92 Å². The molecule has 0 bridgehead atoms. The van der Waals surface area contributed by atoms with Gasteiger partial charge in [0.1, 0.15) is 0 Å². The summed E-state index contributed by atoms with van der Waals surface area (Å²) in [5.74, 6) is 0.608. The van der Waals surface area contributed by atoms with Crippen LogP contribution in [0, 0.1) is 5.41 Å². The Morgan fingerprint density at radius 3 is 2.72 bits per heavy atom. The summed E-state index contributed by atoms with van der Waals surface area (Å²) < 4.78 is 4.98. The van der Waals surface area contributed by atoms with E-state index in [-0.39, 0.29) is 11.3 Å². The Bertz CT molecular complexity index is 411. The summed E-state index contributed by atoms with van der Waals surface area (Å²) in [4.78, 5) is 16.3. The molecule has 2 rings (SSSR count). The molecular formula is C13H19N3O2. The van der Waals surface area contributed by atoms with E-state index >= 15 is 0 Å². The van der Waals surface area contributed by atoms with Crippen LogP contribution < -0.4 is 15.4 Å². The van der Waals surface area contributed by atoms with Gasteiger partial charge in [0.2, 0.25) is 11.8 Å². The second-order valence-electron chi connectivity index (χ2n) is 4.85. The molecule has 2 heterocycles. The van der Waals surface area contributed by atoms with E-state index in [1.165, 1.54) is 0 Å². The maximum absolute atomic E-state index is 12.2. The monoisotopic (exact) mass is 249 g/mol. The summed E-state index contributed by atoms with van der Waals surface area (Å²) in [5, 5.41) is 6.18. The maximum Gasteiger partial charge on any atom is 0.230 e. The van der Waals surface area contributed by atoms with Crippen molar-refractivity contribution in [2.45, 2.75) is 19.8 Å². The number of hydrogen-bond acceptors (Lipinski definition) is 4. The van der Waals surface area contributed by atoms with E-state index in [0.29, 0.717) is 11.6 Å². The second-order valence-corrected chi connectivity index (χ2v) is 4.85. The maximum atomic E-state index is 12.2. The molecule has 0 saturated carbocycles. The molecule has 0 aromatic carbocycles. The molecule has 1 aromatic rings. The van der Waals surface area contributed by atoms with Gasteiger partial charge in [-0.15, -0.1) is 0 Å². The summed E-state index contributed by atoms with van der Waals surface area (Å²) >= 11 is 0. The van der Waals surface area contributed by atoms with Gasteiger partial charge in [-0.1, -0.05) is 6.92 Å². The average Bonchev–Trinajstić information content (AvgIpc) is 2.40. The number of ether oxygens (including phenoxy) is 1. The zero-order valence-corrected chi connectivity index (χ0v) is 10.8. The number of nitrogens with one attached hydrogen (secondary N) is 2. The third kappa shape index (κ3) is 2.79. The summed E-state index contributed by atoms with van der Waals surface area (Å²) in [5.41, 5.74) is 0.422. The molecule has 0 spiro atoms. The molecule has 0 aliphatic carbocycles. The van der Waals surface area contributed by atoms with E-state index in [1.54, 1.807) is 25.4 Å². The van der Waals surface area contributed by atoms with Gasteiger partial charge in [-0.3, -0.25) is 4.79 Å². The molecule has 1 aliphatic rings. The second kappa shape index (κ2) is 5.35. The number of aromatic nitrogens is 1. The van der Waals surface area contributed by atoms with Crippen molar-refractivity contribution in [3.8, 4) is 5.88 Å². The lowest BCUT2D eigenvalue weighted by molar-refractivity contribution is -0.126. The molecule has 0 unspecified atom stereocenters. The fourth-order valence-corrected chi connectivity index (χ4v) is 2.06. The Hall–Kier alpha value is -1.62. The number of piperidine rings is 1. The number of carbonyl (C=O) groups excluding carboxylic acids is 1. The van der Waals surface area contributed by atoms with E-state index in [4.69, 9.17) is 4.74 Å². The Kier molecular flexibility index (Phi) is 3.81. The van der Waals surface area contributed by atoms with Crippen LogP contribution in [0.3, 0.4) is 0 Å². The SMILES string of the molecule is COc1ccc(NC(=O)C2(C)CCNCC2)cn1. The molecule has 5 nitrogen and oxygen atoms in total.